The van der Waals surface area contributed by atoms with Gasteiger partial charge in [-0.2, -0.15) is 0 Å². The van der Waals surface area contributed by atoms with Gasteiger partial charge in [-0.3, -0.25) is 9.59 Å². The number of hydrogen-bond donors (Lipinski definition) is 1. The Morgan fingerprint density at radius 1 is 1.59 bits per heavy atom. The van der Waals surface area contributed by atoms with Gasteiger partial charge < -0.3 is 5.11 Å². The first kappa shape index (κ1) is 12.3. The third-order valence-electron chi connectivity index (χ3n) is 3.23. The monoisotopic (exact) mass is 296 g/mol. The SMILES string of the molecule is CCC(C(=O)O)c1cccc2c1CC(Br)C2=O. The number of benzene rings is 1. The summed E-state index contributed by atoms with van der Waals surface area (Å²) >= 11 is 3.33. The highest BCUT2D eigenvalue weighted by molar-refractivity contribution is 9.10. The van der Waals surface area contributed by atoms with Crippen molar-refractivity contribution in [3.8, 4) is 0 Å². The summed E-state index contributed by atoms with van der Waals surface area (Å²) in [5.41, 5.74) is 2.35. The predicted octanol–water partition coefficient (Wildman–Crippen LogP) is 2.77. The summed E-state index contributed by atoms with van der Waals surface area (Å²) < 4.78 is 0. The van der Waals surface area contributed by atoms with Gasteiger partial charge in [0.1, 0.15) is 0 Å². The molecule has 1 aromatic carbocycles. The van der Waals surface area contributed by atoms with E-state index in [9.17, 15) is 14.7 Å². The second-order valence-electron chi connectivity index (χ2n) is 4.21. The zero-order valence-corrected chi connectivity index (χ0v) is 11.0. The lowest BCUT2D eigenvalue weighted by Gasteiger charge is -2.14. The molecule has 0 fully saturated rings. The maximum atomic E-state index is 11.8. The molecule has 0 aliphatic heterocycles. The van der Waals surface area contributed by atoms with Crippen LogP contribution in [0.3, 0.4) is 0 Å². The van der Waals surface area contributed by atoms with Crippen molar-refractivity contribution in [1.29, 1.82) is 0 Å². The normalized spacial score (nSPS) is 20.1. The van der Waals surface area contributed by atoms with E-state index >= 15 is 0 Å². The standard InChI is InChI=1S/C13H13BrO3/c1-2-7(13(16)17)8-4-3-5-9-10(8)6-11(14)12(9)15/h3-5,7,11H,2,6H2,1H3,(H,16,17). The zero-order chi connectivity index (χ0) is 12.6. The van der Waals surface area contributed by atoms with Gasteiger partial charge in [0.2, 0.25) is 0 Å². The Morgan fingerprint density at radius 2 is 2.29 bits per heavy atom. The summed E-state index contributed by atoms with van der Waals surface area (Å²) in [5, 5.41) is 9.19. The van der Waals surface area contributed by atoms with Crippen LogP contribution in [0.5, 0.6) is 0 Å². The number of aliphatic carboxylic acids is 1. The van der Waals surface area contributed by atoms with E-state index in [0.29, 0.717) is 18.4 Å². The molecule has 0 bridgehead atoms. The van der Waals surface area contributed by atoms with Crippen molar-refractivity contribution in [1.82, 2.24) is 0 Å². The summed E-state index contributed by atoms with van der Waals surface area (Å²) in [6.07, 6.45) is 1.13. The van der Waals surface area contributed by atoms with Crippen LogP contribution in [0, 0.1) is 0 Å². The molecule has 17 heavy (non-hydrogen) atoms. The van der Waals surface area contributed by atoms with Gasteiger partial charge in [0, 0.05) is 5.56 Å². The van der Waals surface area contributed by atoms with Crippen LogP contribution in [0.25, 0.3) is 0 Å². The molecular formula is C13H13BrO3. The summed E-state index contributed by atoms with van der Waals surface area (Å²) in [4.78, 5) is 22.8. The Kier molecular flexibility index (Phi) is 3.33. The van der Waals surface area contributed by atoms with Crippen molar-refractivity contribution in [2.24, 2.45) is 0 Å². The van der Waals surface area contributed by atoms with Crippen molar-refractivity contribution >= 4 is 27.7 Å². The van der Waals surface area contributed by atoms with Crippen molar-refractivity contribution in [2.45, 2.75) is 30.5 Å². The lowest BCUT2D eigenvalue weighted by Crippen LogP contribution is -2.12. The quantitative estimate of drug-likeness (QED) is 0.873. The van der Waals surface area contributed by atoms with Crippen molar-refractivity contribution in [2.75, 3.05) is 0 Å². The van der Waals surface area contributed by atoms with Crippen LogP contribution < -0.4 is 0 Å². The minimum absolute atomic E-state index is 0.0575. The molecule has 90 valence electrons. The number of alkyl halides is 1. The molecule has 1 aliphatic rings. The number of carbonyl (C=O) groups is 2. The molecule has 0 saturated carbocycles. The van der Waals surface area contributed by atoms with Gasteiger partial charge in [0.25, 0.3) is 0 Å². The highest BCUT2D eigenvalue weighted by atomic mass is 79.9. The first-order chi connectivity index (χ1) is 8.06. The lowest BCUT2D eigenvalue weighted by molar-refractivity contribution is -0.138. The molecule has 0 amide bonds. The maximum absolute atomic E-state index is 11.8. The number of ketones is 1. The number of halogens is 1. The fraction of sp³-hybridized carbons (Fsp3) is 0.385. The number of carboxylic acid groups (broad SMARTS) is 1. The average Bonchev–Trinajstić information content (AvgIpc) is 2.57. The van der Waals surface area contributed by atoms with Crippen molar-refractivity contribution in [3.05, 3.63) is 34.9 Å². The number of carbonyl (C=O) groups excluding carboxylic acids is 1. The predicted molar refractivity (Wildman–Crippen MR) is 67.9 cm³/mol. The Morgan fingerprint density at radius 3 is 2.88 bits per heavy atom. The molecule has 0 spiro atoms. The van der Waals surface area contributed by atoms with E-state index in [-0.39, 0.29) is 10.6 Å². The maximum Gasteiger partial charge on any atom is 0.310 e. The second kappa shape index (κ2) is 4.61. The molecule has 0 radical (unpaired) electrons. The molecule has 0 saturated heterocycles. The van der Waals surface area contributed by atoms with E-state index in [4.69, 9.17) is 0 Å². The van der Waals surface area contributed by atoms with Crippen molar-refractivity contribution < 1.29 is 14.7 Å². The van der Waals surface area contributed by atoms with Gasteiger partial charge in [-0.15, -0.1) is 0 Å². The van der Waals surface area contributed by atoms with Crippen molar-refractivity contribution in [3.63, 3.8) is 0 Å². The Balaban J connectivity index is 2.52. The smallest absolute Gasteiger partial charge is 0.310 e. The highest BCUT2D eigenvalue weighted by Gasteiger charge is 2.32. The van der Waals surface area contributed by atoms with Gasteiger partial charge in [0.15, 0.2) is 5.78 Å². The Hall–Kier alpha value is -1.16. The first-order valence-electron chi connectivity index (χ1n) is 5.59. The molecule has 4 heteroatoms. The third kappa shape index (κ3) is 2.02. The fourth-order valence-electron chi connectivity index (χ4n) is 2.36. The number of hydrogen-bond acceptors (Lipinski definition) is 2. The largest absolute Gasteiger partial charge is 0.481 e. The Labute approximate surface area is 108 Å². The lowest BCUT2D eigenvalue weighted by atomic mass is 9.90. The van der Waals surface area contributed by atoms with Crippen LogP contribution in [-0.4, -0.2) is 21.7 Å². The van der Waals surface area contributed by atoms with Crippen LogP contribution in [0.4, 0.5) is 0 Å². The van der Waals surface area contributed by atoms with E-state index in [2.05, 4.69) is 15.9 Å². The minimum Gasteiger partial charge on any atom is -0.481 e. The average molecular weight is 297 g/mol. The van der Waals surface area contributed by atoms with Crippen LogP contribution in [0.2, 0.25) is 0 Å². The number of fused-ring (bicyclic) bond motifs is 1. The van der Waals surface area contributed by atoms with E-state index in [1.54, 1.807) is 12.1 Å². The van der Waals surface area contributed by atoms with E-state index < -0.39 is 11.9 Å². The van der Waals surface area contributed by atoms with Gasteiger partial charge in [-0.25, -0.2) is 0 Å². The van der Waals surface area contributed by atoms with E-state index in [1.165, 1.54) is 0 Å². The molecule has 0 heterocycles. The van der Waals surface area contributed by atoms with Gasteiger partial charge >= 0.3 is 5.97 Å². The summed E-state index contributed by atoms with van der Waals surface area (Å²) in [5.74, 6) is -1.29. The first-order valence-corrected chi connectivity index (χ1v) is 6.50. The highest BCUT2D eigenvalue weighted by Crippen LogP contribution is 2.34. The summed E-state index contributed by atoms with van der Waals surface area (Å²) in [7, 11) is 0. The molecule has 0 aromatic heterocycles. The topological polar surface area (TPSA) is 54.4 Å². The molecule has 2 rings (SSSR count). The number of rotatable bonds is 3. The van der Waals surface area contributed by atoms with E-state index in [1.807, 2.05) is 13.0 Å². The van der Waals surface area contributed by atoms with Crippen LogP contribution in [0.15, 0.2) is 18.2 Å². The van der Waals surface area contributed by atoms with Gasteiger partial charge in [-0.05, 0) is 24.0 Å². The molecule has 1 N–H and O–H groups in total. The second-order valence-corrected chi connectivity index (χ2v) is 5.31. The number of Topliss-reactive ketones (excluding diaryl/α,β-unsaturated/α-hetero) is 1. The van der Waals surface area contributed by atoms with Crippen LogP contribution >= 0.6 is 15.9 Å². The molecular weight excluding hydrogens is 284 g/mol. The van der Waals surface area contributed by atoms with Crippen LogP contribution in [-0.2, 0) is 11.2 Å². The summed E-state index contributed by atoms with van der Waals surface area (Å²) in [6.45, 7) is 1.85. The number of carboxylic acids is 1. The molecule has 2 atom stereocenters. The zero-order valence-electron chi connectivity index (χ0n) is 9.44. The summed E-state index contributed by atoms with van der Waals surface area (Å²) in [6, 6.07) is 5.36. The molecule has 1 aliphatic carbocycles. The van der Waals surface area contributed by atoms with E-state index in [0.717, 1.165) is 11.1 Å². The third-order valence-corrected chi connectivity index (χ3v) is 3.97. The van der Waals surface area contributed by atoms with Gasteiger partial charge in [0.05, 0.1) is 10.7 Å². The Bertz CT molecular complexity index is 482. The molecule has 1 aromatic rings. The fourth-order valence-corrected chi connectivity index (χ4v) is 2.93. The van der Waals surface area contributed by atoms with Gasteiger partial charge in [-0.1, -0.05) is 41.1 Å². The van der Waals surface area contributed by atoms with Crippen LogP contribution in [0.1, 0.15) is 40.7 Å². The molecule has 2 unspecified atom stereocenters. The minimum atomic E-state index is -0.827. The molecule has 3 nitrogen and oxygen atoms in total.